The maximum absolute atomic E-state index is 13.1. The van der Waals surface area contributed by atoms with Crippen molar-refractivity contribution in [3.63, 3.8) is 0 Å². The lowest BCUT2D eigenvalue weighted by Crippen LogP contribution is -2.14. The topological polar surface area (TPSA) is 37.8 Å². The average Bonchev–Trinajstić information content (AvgIpc) is 3.08. The molecule has 6 heteroatoms. The third-order valence-electron chi connectivity index (χ3n) is 2.75. The van der Waals surface area contributed by atoms with E-state index in [4.69, 9.17) is 0 Å². The molecule has 3 rings (SSSR count). The Hall–Kier alpha value is -0.850. The Kier molecular flexibility index (Phi) is 3.41. The zero-order chi connectivity index (χ0) is 12.5. The quantitative estimate of drug-likeness (QED) is 0.935. The highest BCUT2D eigenvalue weighted by atomic mass is 79.9. The summed E-state index contributed by atoms with van der Waals surface area (Å²) in [6, 6.07) is 5.55. The summed E-state index contributed by atoms with van der Waals surface area (Å²) < 4.78 is 13.6. The molecule has 0 amide bonds. The Balaban J connectivity index is 1.76. The van der Waals surface area contributed by atoms with Gasteiger partial charge in [0.2, 0.25) is 0 Å². The molecule has 1 aliphatic carbocycles. The van der Waals surface area contributed by atoms with Gasteiger partial charge in [0.1, 0.15) is 15.8 Å². The fourth-order valence-electron chi connectivity index (χ4n) is 1.59. The summed E-state index contributed by atoms with van der Waals surface area (Å²) in [7, 11) is 0. The number of rotatable bonds is 4. The van der Waals surface area contributed by atoms with Crippen molar-refractivity contribution in [2.45, 2.75) is 25.4 Å². The maximum atomic E-state index is 13.1. The molecule has 1 aromatic heterocycles. The molecule has 0 unspecified atom stereocenters. The molecule has 2 aromatic rings. The fourth-order valence-corrected chi connectivity index (χ4v) is 2.76. The third kappa shape index (κ3) is 2.76. The smallest absolute Gasteiger partial charge is 0.147 e. The second kappa shape index (κ2) is 5.03. The number of hydrogen-bond donors (Lipinski definition) is 1. The largest absolute Gasteiger partial charge is 0.308 e. The number of aromatic nitrogens is 2. The lowest BCUT2D eigenvalue weighted by atomic mass is 10.2. The van der Waals surface area contributed by atoms with Crippen LogP contribution >= 0.6 is 27.3 Å². The Morgan fingerprint density at radius 1 is 1.39 bits per heavy atom. The van der Waals surface area contributed by atoms with Gasteiger partial charge in [-0.05, 0) is 47.0 Å². The Morgan fingerprint density at radius 3 is 2.94 bits per heavy atom. The summed E-state index contributed by atoms with van der Waals surface area (Å²) in [5, 5.41) is 13.5. The minimum atomic E-state index is -0.265. The summed E-state index contributed by atoms with van der Waals surface area (Å²) in [6.07, 6.45) is 2.52. The van der Waals surface area contributed by atoms with E-state index in [0.29, 0.717) is 10.5 Å². The molecule has 1 heterocycles. The van der Waals surface area contributed by atoms with Crippen LogP contribution in [0, 0.1) is 5.82 Å². The van der Waals surface area contributed by atoms with Crippen LogP contribution in [0.2, 0.25) is 0 Å². The number of hydrogen-bond acceptors (Lipinski definition) is 4. The summed E-state index contributed by atoms with van der Waals surface area (Å²) in [4.78, 5) is 0. The molecule has 0 radical (unpaired) electrons. The van der Waals surface area contributed by atoms with E-state index in [1.807, 2.05) is 0 Å². The molecule has 94 valence electrons. The van der Waals surface area contributed by atoms with E-state index in [1.165, 1.54) is 18.9 Å². The number of halogens is 2. The van der Waals surface area contributed by atoms with E-state index in [9.17, 15) is 4.39 Å². The first-order chi connectivity index (χ1) is 8.72. The molecule has 0 atom stereocenters. The molecule has 1 N–H and O–H groups in total. The first-order valence-corrected chi connectivity index (χ1v) is 7.34. The highest BCUT2D eigenvalue weighted by molar-refractivity contribution is 9.10. The van der Waals surface area contributed by atoms with Gasteiger partial charge in [0.25, 0.3) is 0 Å². The van der Waals surface area contributed by atoms with Gasteiger partial charge in [-0.1, -0.05) is 11.3 Å². The molecule has 1 aliphatic rings. The monoisotopic (exact) mass is 327 g/mol. The molecule has 0 spiro atoms. The van der Waals surface area contributed by atoms with Crippen LogP contribution < -0.4 is 5.32 Å². The normalized spacial score (nSPS) is 15.0. The third-order valence-corrected chi connectivity index (χ3v) is 4.33. The highest BCUT2D eigenvalue weighted by Crippen LogP contribution is 2.28. The molecule has 18 heavy (non-hydrogen) atoms. The summed E-state index contributed by atoms with van der Waals surface area (Å²) in [5.41, 5.74) is 0.887. The van der Waals surface area contributed by atoms with Gasteiger partial charge in [0.15, 0.2) is 0 Å². The number of nitrogens with zero attached hydrogens (tertiary/aromatic N) is 2. The van der Waals surface area contributed by atoms with Gasteiger partial charge in [-0.25, -0.2) is 4.39 Å². The molecule has 1 aromatic carbocycles. The van der Waals surface area contributed by atoms with E-state index in [2.05, 4.69) is 31.4 Å². The van der Waals surface area contributed by atoms with Gasteiger partial charge in [0.05, 0.1) is 4.47 Å². The van der Waals surface area contributed by atoms with Crippen LogP contribution in [0.5, 0.6) is 0 Å². The zero-order valence-electron chi connectivity index (χ0n) is 9.49. The van der Waals surface area contributed by atoms with Crippen LogP contribution in [-0.4, -0.2) is 16.2 Å². The van der Waals surface area contributed by atoms with Crippen molar-refractivity contribution >= 4 is 27.3 Å². The highest BCUT2D eigenvalue weighted by Gasteiger charge is 2.20. The predicted octanol–water partition coefficient (Wildman–Crippen LogP) is 3.36. The van der Waals surface area contributed by atoms with E-state index in [1.54, 1.807) is 23.5 Å². The fraction of sp³-hybridized carbons (Fsp3) is 0.333. The van der Waals surface area contributed by atoms with Gasteiger partial charge in [-0.2, -0.15) is 0 Å². The summed E-state index contributed by atoms with van der Waals surface area (Å²) in [5.74, 6) is -0.265. The Bertz CT molecular complexity index is 568. The van der Waals surface area contributed by atoms with Crippen LogP contribution in [0.25, 0.3) is 10.6 Å². The second-order valence-electron chi connectivity index (χ2n) is 4.29. The van der Waals surface area contributed by atoms with E-state index < -0.39 is 0 Å². The first kappa shape index (κ1) is 12.2. The Labute approximate surface area is 117 Å². The molecule has 0 bridgehead atoms. The molecular weight excluding hydrogens is 317 g/mol. The van der Waals surface area contributed by atoms with Crippen molar-refractivity contribution in [2.24, 2.45) is 0 Å². The van der Waals surface area contributed by atoms with Crippen molar-refractivity contribution in [1.29, 1.82) is 0 Å². The minimum Gasteiger partial charge on any atom is -0.308 e. The van der Waals surface area contributed by atoms with Crippen LogP contribution in [0.4, 0.5) is 4.39 Å². The molecule has 1 saturated carbocycles. The van der Waals surface area contributed by atoms with E-state index in [-0.39, 0.29) is 5.82 Å². The summed E-state index contributed by atoms with van der Waals surface area (Å²) in [6.45, 7) is 0.769. The maximum Gasteiger partial charge on any atom is 0.147 e. The van der Waals surface area contributed by atoms with Crippen molar-refractivity contribution in [3.05, 3.63) is 33.5 Å². The van der Waals surface area contributed by atoms with Gasteiger partial charge in [-0.15, -0.1) is 10.2 Å². The molecular formula is C12H11BrFN3S. The molecule has 1 fully saturated rings. The Morgan fingerprint density at radius 2 is 2.22 bits per heavy atom. The van der Waals surface area contributed by atoms with Crippen LogP contribution in [0.15, 0.2) is 22.7 Å². The standard InChI is InChI=1S/C12H11BrFN3S/c13-9-5-7(1-4-10(9)14)12-17-16-11(18-12)6-15-8-2-3-8/h1,4-5,8,15H,2-3,6H2. The van der Waals surface area contributed by atoms with Crippen LogP contribution in [-0.2, 0) is 6.54 Å². The summed E-state index contributed by atoms with van der Waals surface area (Å²) >= 11 is 4.72. The van der Waals surface area contributed by atoms with Crippen molar-refractivity contribution in [1.82, 2.24) is 15.5 Å². The average molecular weight is 328 g/mol. The predicted molar refractivity (Wildman–Crippen MR) is 72.9 cm³/mol. The zero-order valence-corrected chi connectivity index (χ0v) is 11.9. The molecule has 0 aliphatic heterocycles. The van der Waals surface area contributed by atoms with Gasteiger partial charge in [0, 0.05) is 18.2 Å². The van der Waals surface area contributed by atoms with Crippen molar-refractivity contribution in [3.8, 4) is 10.6 Å². The van der Waals surface area contributed by atoms with Crippen molar-refractivity contribution < 1.29 is 4.39 Å². The lowest BCUT2D eigenvalue weighted by molar-refractivity contribution is 0.621. The SMILES string of the molecule is Fc1ccc(-c2nnc(CNC3CC3)s2)cc1Br. The van der Waals surface area contributed by atoms with E-state index >= 15 is 0 Å². The van der Waals surface area contributed by atoms with E-state index in [0.717, 1.165) is 22.1 Å². The second-order valence-corrected chi connectivity index (χ2v) is 6.20. The minimum absolute atomic E-state index is 0.265. The molecule has 3 nitrogen and oxygen atoms in total. The van der Waals surface area contributed by atoms with Gasteiger partial charge >= 0.3 is 0 Å². The van der Waals surface area contributed by atoms with Crippen molar-refractivity contribution in [2.75, 3.05) is 0 Å². The van der Waals surface area contributed by atoms with Crippen LogP contribution in [0.3, 0.4) is 0 Å². The first-order valence-electron chi connectivity index (χ1n) is 5.73. The van der Waals surface area contributed by atoms with Gasteiger partial charge < -0.3 is 5.32 Å². The van der Waals surface area contributed by atoms with Gasteiger partial charge in [-0.3, -0.25) is 0 Å². The number of benzene rings is 1. The number of nitrogens with one attached hydrogen (secondary N) is 1. The molecule has 0 saturated heterocycles. The van der Waals surface area contributed by atoms with Crippen LogP contribution in [0.1, 0.15) is 17.8 Å². The lowest BCUT2D eigenvalue weighted by Gasteiger charge is -1.98.